The minimum absolute atomic E-state index is 0.633. The second-order valence-electron chi connectivity index (χ2n) is 5.16. The summed E-state index contributed by atoms with van der Waals surface area (Å²) in [5.74, 6) is 2.17. The number of methoxy groups -OCH3 is 2. The van der Waals surface area contributed by atoms with Gasteiger partial charge in [0.15, 0.2) is 0 Å². The monoisotopic (exact) mass is 309 g/mol. The van der Waals surface area contributed by atoms with E-state index >= 15 is 0 Å². The molecule has 0 amide bonds. The van der Waals surface area contributed by atoms with E-state index in [1.54, 1.807) is 25.1 Å². The van der Waals surface area contributed by atoms with Crippen LogP contribution in [0.5, 0.6) is 11.5 Å². The number of anilines is 1. The van der Waals surface area contributed by atoms with Crippen LogP contribution in [0.2, 0.25) is 0 Å². The first-order chi connectivity index (χ1) is 11.2. The van der Waals surface area contributed by atoms with Gasteiger partial charge in [-0.2, -0.15) is 5.10 Å². The lowest BCUT2D eigenvalue weighted by Gasteiger charge is -2.10. The molecule has 3 rings (SSSR count). The van der Waals surface area contributed by atoms with Crippen molar-refractivity contribution in [3.05, 3.63) is 65.9 Å². The number of hydrogen-bond acceptors (Lipinski definition) is 4. The van der Waals surface area contributed by atoms with Crippen LogP contribution in [0.4, 0.5) is 5.82 Å². The number of nitrogens with two attached hydrogens (primary N) is 1. The Balaban J connectivity index is 1.91. The summed E-state index contributed by atoms with van der Waals surface area (Å²) >= 11 is 0. The van der Waals surface area contributed by atoms with E-state index in [0.29, 0.717) is 12.2 Å². The zero-order valence-corrected chi connectivity index (χ0v) is 13.2. The summed E-state index contributed by atoms with van der Waals surface area (Å²) in [6, 6.07) is 15.6. The zero-order chi connectivity index (χ0) is 16.2. The standard InChI is InChI=1S/C18H19N3O2/c1-22-16-9-8-13(17(11-16)23-2)10-14-12-20-21(18(14)19)15-6-4-3-5-7-15/h3-9,11-12H,10,19H2,1-2H3. The molecule has 0 saturated carbocycles. The summed E-state index contributed by atoms with van der Waals surface area (Å²) < 4.78 is 12.4. The lowest BCUT2D eigenvalue weighted by atomic mass is 10.1. The fourth-order valence-corrected chi connectivity index (χ4v) is 2.51. The summed E-state index contributed by atoms with van der Waals surface area (Å²) in [7, 11) is 3.28. The number of aromatic nitrogens is 2. The molecule has 0 aliphatic carbocycles. The molecule has 0 spiro atoms. The van der Waals surface area contributed by atoms with Crippen molar-refractivity contribution in [3.8, 4) is 17.2 Å². The molecule has 0 atom stereocenters. The number of ether oxygens (including phenoxy) is 2. The van der Waals surface area contributed by atoms with Gasteiger partial charge in [0.05, 0.1) is 26.1 Å². The van der Waals surface area contributed by atoms with Gasteiger partial charge in [0.1, 0.15) is 17.3 Å². The predicted molar refractivity (Wildman–Crippen MR) is 90.3 cm³/mol. The highest BCUT2D eigenvalue weighted by atomic mass is 16.5. The molecule has 0 bridgehead atoms. The van der Waals surface area contributed by atoms with Crippen molar-refractivity contribution in [1.29, 1.82) is 0 Å². The fraction of sp³-hybridized carbons (Fsp3) is 0.167. The van der Waals surface area contributed by atoms with Crippen LogP contribution in [0, 0.1) is 0 Å². The number of nitrogen functional groups attached to an aromatic ring is 1. The molecule has 0 aliphatic rings. The van der Waals surface area contributed by atoms with Gasteiger partial charge in [-0.1, -0.05) is 24.3 Å². The van der Waals surface area contributed by atoms with E-state index in [9.17, 15) is 0 Å². The maximum atomic E-state index is 6.27. The fourth-order valence-electron chi connectivity index (χ4n) is 2.51. The Hall–Kier alpha value is -2.95. The molecule has 3 aromatic rings. The molecular formula is C18H19N3O2. The Morgan fingerprint density at radius 2 is 1.78 bits per heavy atom. The molecule has 2 aromatic carbocycles. The minimum Gasteiger partial charge on any atom is -0.497 e. The average Bonchev–Trinajstić information content (AvgIpc) is 2.96. The maximum absolute atomic E-state index is 6.27. The van der Waals surface area contributed by atoms with E-state index in [1.165, 1.54) is 0 Å². The molecule has 23 heavy (non-hydrogen) atoms. The van der Waals surface area contributed by atoms with Crippen LogP contribution in [0.25, 0.3) is 5.69 Å². The molecule has 1 aromatic heterocycles. The smallest absolute Gasteiger partial charge is 0.130 e. The van der Waals surface area contributed by atoms with Gasteiger partial charge in [0.2, 0.25) is 0 Å². The SMILES string of the molecule is COc1ccc(Cc2cnn(-c3ccccc3)c2N)c(OC)c1. The molecule has 5 nitrogen and oxygen atoms in total. The maximum Gasteiger partial charge on any atom is 0.130 e. The van der Waals surface area contributed by atoms with Gasteiger partial charge in [-0.3, -0.25) is 0 Å². The molecule has 1 heterocycles. The van der Waals surface area contributed by atoms with Gasteiger partial charge in [0, 0.05) is 18.1 Å². The van der Waals surface area contributed by atoms with Crippen LogP contribution in [0.15, 0.2) is 54.7 Å². The number of benzene rings is 2. The van der Waals surface area contributed by atoms with Crippen molar-refractivity contribution >= 4 is 5.82 Å². The molecule has 0 aliphatic heterocycles. The Bertz CT molecular complexity index is 797. The predicted octanol–water partition coefficient (Wildman–Crippen LogP) is 3.06. The highest BCUT2D eigenvalue weighted by molar-refractivity contribution is 5.51. The lowest BCUT2D eigenvalue weighted by Crippen LogP contribution is -2.03. The van der Waals surface area contributed by atoms with Gasteiger partial charge < -0.3 is 15.2 Å². The summed E-state index contributed by atoms with van der Waals surface area (Å²) in [5.41, 5.74) is 9.20. The van der Waals surface area contributed by atoms with E-state index in [0.717, 1.165) is 28.3 Å². The lowest BCUT2D eigenvalue weighted by molar-refractivity contribution is 0.391. The van der Waals surface area contributed by atoms with E-state index in [-0.39, 0.29) is 0 Å². The van der Waals surface area contributed by atoms with E-state index in [4.69, 9.17) is 15.2 Å². The van der Waals surface area contributed by atoms with Crippen molar-refractivity contribution in [3.63, 3.8) is 0 Å². The summed E-state index contributed by atoms with van der Waals surface area (Å²) in [4.78, 5) is 0. The molecule has 118 valence electrons. The Labute approximate surface area is 135 Å². The molecule has 0 fully saturated rings. The molecule has 0 radical (unpaired) electrons. The van der Waals surface area contributed by atoms with Gasteiger partial charge in [-0.05, 0) is 23.8 Å². The average molecular weight is 309 g/mol. The summed E-state index contributed by atoms with van der Waals surface area (Å²) in [6.07, 6.45) is 2.44. The van der Waals surface area contributed by atoms with Crippen molar-refractivity contribution in [2.75, 3.05) is 20.0 Å². The summed E-state index contributed by atoms with van der Waals surface area (Å²) in [5, 5.41) is 4.40. The van der Waals surface area contributed by atoms with Gasteiger partial charge in [-0.25, -0.2) is 4.68 Å². The number of nitrogens with zero attached hydrogens (tertiary/aromatic N) is 2. The van der Waals surface area contributed by atoms with E-state index in [1.807, 2.05) is 48.5 Å². The van der Waals surface area contributed by atoms with Crippen LogP contribution < -0.4 is 15.2 Å². The van der Waals surface area contributed by atoms with Crippen molar-refractivity contribution < 1.29 is 9.47 Å². The van der Waals surface area contributed by atoms with Crippen LogP contribution in [0.3, 0.4) is 0 Å². The Morgan fingerprint density at radius 3 is 2.48 bits per heavy atom. The highest BCUT2D eigenvalue weighted by Crippen LogP contribution is 2.28. The third-order valence-corrected chi connectivity index (χ3v) is 3.76. The molecular weight excluding hydrogens is 290 g/mol. The first-order valence-electron chi connectivity index (χ1n) is 7.31. The first kappa shape index (κ1) is 15.0. The number of para-hydroxylation sites is 1. The van der Waals surface area contributed by atoms with Gasteiger partial charge >= 0.3 is 0 Å². The third-order valence-electron chi connectivity index (χ3n) is 3.76. The Kier molecular flexibility index (Phi) is 4.19. The minimum atomic E-state index is 0.633. The highest BCUT2D eigenvalue weighted by Gasteiger charge is 2.12. The Morgan fingerprint density at radius 1 is 1.00 bits per heavy atom. The van der Waals surface area contributed by atoms with Crippen molar-refractivity contribution in [2.24, 2.45) is 0 Å². The molecule has 2 N–H and O–H groups in total. The summed E-state index contributed by atoms with van der Waals surface area (Å²) in [6.45, 7) is 0. The quantitative estimate of drug-likeness (QED) is 0.787. The van der Waals surface area contributed by atoms with Crippen molar-refractivity contribution in [1.82, 2.24) is 9.78 Å². The van der Waals surface area contributed by atoms with Crippen LogP contribution >= 0.6 is 0 Å². The molecule has 0 saturated heterocycles. The number of rotatable bonds is 5. The van der Waals surface area contributed by atoms with Gasteiger partial charge in [0.25, 0.3) is 0 Å². The largest absolute Gasteiger partial charge is 0.497 e. The first-order valence-corrected chi connectivity index (χ1v) is 7.31. The second kappa shape index (κ2) is 6.44. The van der Waals surface area contributed by atoms with Crippen molar-refractivity contribution in [2.45, 2.75) is 6.42 Å². The van der Waals surface area contributed by atoms with Crippen LogP contribution in [-0.2, 0) is 6.42 Å². The normalized spacial score (nSPS) is 10.5. The molecule has 0 unspecified atom stereocenters. The van der Waals surface area contributed by atoms with Gasteiger partial charge in [-0.15, -0.1) is 0 Å². The number of hydrogen-bond donors (Lipinski definition) is 1. The van der Waals surface area contributed by atoms with E-state index < -0.39 is 0 Å². The van der Waals surface area contributed by atoms with Crippen LogP contribution in [0.1, 0.15) is 11.1 Å². The third kappa shape index (κ3) is 2.99. The van der Waals surface area contributed by atoms with E-state index in [2.05, 4.69) is 5.10 Å². The second-order valence-corrected chi connectivity index (χ2v) is 5.16. The zero-order valence-electron chi connectivity index (χ0n) is 13.2. The molecule has 5 heteroatoms. The van der Waals surface area contributed by atoms with Crippen LogP contribution in [-0.4, -0.2) is 24.0 Å². The topological polar surface area (TPSA) is 62.3 Å².